The number of nitrogens with one attached hydrogen (secondary N) is 2. The Morgan fingerprint density at radius 3 is 2.54 bits per heavy atom. The zero-order valence-corrected chi connectivity index (χ0v) is 16.1. The van der Waals surface area contributed by atoms with Gasteiger partial charge in [-0.05, 0) is 42.5 Å². The molecule has 0 radical (unpaired) electrons. The molecule has 132 valence electrons. The molecular weight excluding hydrogens is 418 g/mol. The van der Waals surface area contributed by atoms with Gasteiger partial charge in [0.2, 0.25) is 0 Å². The van der Waals surface area contributed by atoms with Crippen LogP contribution in [0.4, 0.5) is 10.8 Å². The lowest BCUT2D eigenvalue weighted by Crippen LogP contribution is -2.14. The van der Waals surface area contributed by atoms with Gasteiger partial charge in [0, 0.05) is 21.1 Å². The maximum atomic E-state index is 12.3. The third kappa shape index (κ3) is 4.47. The molecule has 2 N–H and O–H groups in total. The number of halogens is 1. The van der Waals surface area contributed by atoms with Crippen LogP contribution < -0.4 is 15.4 Å². The number of thiazole rings is 1. The number of anilines is 2. The Bertz CT molecular complexity index is 941. The van der Waals surface area contributed by atoms with Crippen molar-refractivity contribution in [2.24, 2.45) is 0 Å². The SMILES string of the molecule is COc1ccc(C(=O)Nc2nc(C(=O)Nc3cccc(Br)c3)cs2)cc1. The quantitative estimate of drug-likeness (QED) is 0.626. The predicted molar refractivity (Wildman–Crippen MR) is 105 cm³/mol. The predicted octanol–water partition coefficient (Wildman–Crippen LogP) is 4.42. The molecule has 0 aliphatic rings. The van der Waals surface area contributed by atoms with Crippen LogP contribution in [0.3, 0.4) is 0 Å². The number of aromatic nitrogens is 1. The Morgan fingerprint density at radius 1 is 1.08 bits per heavy atom. The first kappa shape index (κ1) is 18.1. The number of hydrogen-bond donors (Lipinski definition) is 2. The van der Waals surface area contributed by atoms with Crippen molar-refractivity contribution in [2.75, 3.05) is 17.7 Å². The Balaban J connectivity index is 1.65. The summed E-state index contributed by atoms with van der Waals surface area (Å²) in [6.45, 7) is 0. The Hall–Kier alpha value is -2.71. The van der Waals surface area contributed by atoms with Crippen LogP contribution in [0.1, 0.15) is 20.8 Å². The number of amides is 2. The highest BCUT2D eigenvalue weighted by Crippen LogP contribution is 2.20. The van der Waals surface area contributed by atoms with Gasteiger partial charge in [-0.15, -0.1) is 11.3 Å². The highest BCUT2D eigenvalue weighted by Gasteiger charge is 2.14. The van der Waals surface area contributed by atoms with Crippen LogP contribution in [-0.2, 0) is 0 Å². The molecular formula is C18H14BrN3O3S. The minimum Gasteiger partial charge on any atom is -0.497 e. The molecule has 2 aromatic carbocycles. The second kappa shape index (κ2) is 8.11. The molecule has 1 heterocycles. The van der Waals surface area contributed by atoms with Gasteiger partial charge >= 0.3 is 0 Å². The average Bonchev–Trinajstić information content (AvgIpc) is 3.10. The van der Waals surface area contributed by atoms with Gasteiger partial charge in [-0.1, -0.05) is 22.0 Å². The summed E-state index contributed by atoms with van der Waals surface area (Å²) in [5.74, 6) is 0.0209. The van der Waals surface area contributed by atoms with E-state index in [1.54, 1.807) is 48.9 Å². The number of ether oxygens (including phenoxy) is 1. The second-order valence-electron chi connectivity index (χ2n) is 5.18. The van der Waals surface area contributed by atoms with E-state index in [0.29, 0.717) is 22.1 Å². The topological polar surface area (TPSA) is 80.3 Å². The minimum absolute atomic E-state index is 0.236. The molecule has 6 nitrogen and oxygen atoms in total. The van der Waals surface area contributed by atoms with Crippen LogP contribution in [0.15, 0.2) is 58.4 Å². The van der Waals surface area contributed by atoms with Crippen LogP contribution in [0.25, 0.3) is 0 Å². The molecule has 0 fully saturated rings. The fourth-order valence-electron chi connectivity index (χ4n) is 2.11. The smallest absolute Gasteiger partial charge is 0.275 e. The summed E-state index contributed by atoms with van der Waals surface area (Å²) >= 11 is 4.53. The van der Waals surface area contributed by atoms with Gasteiger partial charge in [-0.2, -0.15) is 0 Å². The largest absolute Gasteiger partial charge is 0.497 e. The molecule has 0 saturated heterocycles. The fraction of sp³-hybridized carbons (Fsp3) is 0.0556. The average molecular weight is 432 g/mol. The zero-order chi connectivity index (χ0) is 18.5. The Kier molecular flexibility index (Phi) is 5.65. The van der Waals surface area contributed by atoms with Gasteiger partial charge in [0.05, 0.1) is 7.11 Å². The van der Waals surface area contributed by atoms with Crippen molar-refractivity contribution in [1.82, 2.24) is 4.98 Å². The zero-order valence-electron chi connectivity index (χ0n) is 13.7. The molecule has 0 unspecified atom stereocenters. The van der Waals surface area contributed by atoms with E-state index in [4.69, 9.17) is 4.74 Å². The van der Waals surface area contributed by atoms with E-state index >= 15 is 0 Å². The normalized spacial score (nSPS) is 10.2. The molecule has 0 aliphatic carbocycles. The van der Waals surface area contributed by atoms with Gasteiger partial charge in [0.1, 0.15) is 11.4 Å². The molecule has 0 bridgehead atoms. The molecule has 3 rings (SSSR count). The van der Waals surface area contributed by atoms with Crippen molar-refractivity contribution >= 4 is 49.9 Å². The maximum Gasteiger partial charge on any atom is 0.275 e. The second-order valence-corrected chi connectivity index (χ2v) is 6.96. The lowest BCUT2D eigenvalue weighted by Gasteiger charge is -2.04. The maximum absolute atomic E-state index is 12.3. The Morgan fingerprint density at radius 2 is 1.85 bits per heavy atom. The molecule has 0 saturated carbocycles. The van der Waals surface area contributed by atoms with Crippen LogP contribution in [0.5, 0.6) is 5.75 Å². The van der Waals surface area contributed by atoms with Crippen LogP contribution in [0.2, 0.25) is 0 Å². The molecule has 26 heavy (non-hydrogen) atoms. The number of rotatable bonds is 5. The van der Waals surface area contributed by atoms with Crippen molar-refractivity contribution in [3.63, 3.8) is 0 Å². The van der Waals surface area contributed by atoms with E-state index in [9.17, 15) is 9.59 Å². The van der Waals surface area contributed by atoms with Gasteiger partial charge in [0.25, 0.3) is 11.8 Å². The number of benzene rings is 2. The molecule has 0 spiro atoms. The first-order valence-corrected chi connectivity index (χ1v) is 9.20. The summed E-state index contributed by atoms with van der Waals surface area (Å²) in [5.41, 5.74) is 1.36. The standard InChI is InChI=1S/C18H14BrN3O3S/c1-25-14-7-5-11(6-8-14)16(23)22-18-21-15(10-26-18)17(24)20-13-4-2-3-12(19)9-13/h2-10H,1H3,(H,20,24)(H,21,22,23). The molecule has 0 atom stereocenters. The molecule has 1 aromatic heterocycles. The van der Waals surface area contributed by atoms with Crippen LogP contribution in [-0.4, -0.2) is 23.9 Å². The minimum atomic E-state index is -0.343. The van der Waals surface area contributed by atoms with E-state index in [2.05, 4.69) is 31.5 Å². The van der Waals surface area contributed by atoms with Gasteiger partial charge < -0.3 is 10.1 Å². The van der Waals surface area contributed by atoms with E-state index in [1.807, 2.05) is 12.1 Å². The van der Waals surface area contributed by atoms with Crippen LogP contribution >= 0.6 is 27.3 Å². The molecule has 2 amide bonds. The summed E-state index contributed by atoms with van der Waals surface area (Å²) in [6, 6.07) is 14.0. The van der Waals surface area contributed by atoms with Crippen molar-refractivity contribution in [3.05, 3.63) is 69.6 Å². The highest BCUT2D eigenvalue weighted by molar-refractivity contribution is 9.10. The Labute approximate surface area is 162 Å². The third-order valence-corrected chi connectivity index (χ3v) is 4.64. The van der Waals surface area contributed by atoms with Crippen molar-refractivity contribution < 1.29 is 14.3 Å². The fourth-order valence-corrected chi connectivity index (χ4v) is 3.19. The summed E-state index contributed by atoms with van der Waals surface area (Å²) in [6.07, 6.45) is 0. The molecule has 8 heteroatoms. The highest BCUT2D eigenvalue weighted by atomic mass is 79.9. The van der Waals surface area contributed by atoms with E-state index in [-0.39, 0.29) is 17.5 Å². The summed E-state index contributed by atoms with van der Waals surface area (Å²) in [4.78, 5) is 28.7. The first-order valence-electron chi connectivity index (χ1n) is 7.53. The first-order chi connectivity index (χ1) is 12.5. The van der Waals surface area contributed by atoms with E-state index in [0.717, 1.165) is 4.47 Å². The third-order valence-electron chi connectivity index (χ3n) is 3.39. The number of methoxy groups -OCH3 is 1. The molecule has 0 aliphatic heterocycles. The van der Waals surface area contributed by atoms with Crippen molar-refractivity contribution in [1.29, 1.82) is 0 Å². The van der Waals surface area contributed by atoms with E-state index < -0.39 is 0 Å². The van der Waals surface area contributed by atoms with Crippen LogP contribution in [0, 0.1) is 0 Å². The number of carbonyl (C=O) groups excluding carboxylic acids is 2. The monoisotopic (exact) mass is 431 g/mol. The van der Waals surface area contributed by atoms with Crippen molar-refractivity contribution in [2.45, 2.75) is 0 Å². The van der Waals surface area contributed by atoms with Gasteiger partial charge in [0.15, 0.2) is 5.13 Å². The summed E-state index contributed by atoms with van der Waals surface area (Å²) in [5, 5.41) is 7.39. The summed E-state index contributed by atoms with van der Waals surface area (Å²) < 4.78 is 5.93. The van der Waals surface area contributed by atoms with E-state index in [1.165, 1.54) is 11.3 Å². The van der Waals surface area contributed by atoms with Gasteiger partial charge in [-0.3, -0.25) is 14.9 Å². The lowest BCUT2D eigenvalue weighted by atomic mass is 10.2. The van der Waals surface area contributed by atoms with Gasteiger partial charge in [-0.25, -0.2) is 4.98 Å². The van der Waals surface area contributed by atoms with Crippen molar-refractivity contribution in [3.8, 4) is 5.75 Å². The summed E-state index contributed by atoms with van der Waals surface area (Å²) in [7, 11) is 1.56. The molecule has 3 aromatic rings. The lowest BCUT2D eigenvalue weighted by molar-refractivity contribution is 0.101. The number of carbonyl (C=O) groups is 2. The number of hydrogen-bond acceptors (Lipinski definition) is 5. The number of nitrogens with zero attached hydrogens (tertiary/aromatic N) is 1.